The third kappa shape index (κ3) is 4.51. The first-order valence-electron chi connectivity index (χ1n) is 7.41. The molecule has 4 heteroatoms. The second-order valence-electron chi connectivity index (χ2n) is 5.96. The fraction of sp³-hybridized carbons (Fsp3) is 0.867. The fourth-order valence-electron chi connectivity index (χ4n) is 3.23. The maximum absolute atomic E-state index is 11.6. The summed E-state index contributed by atoms with van der Waals surface area (Å²) in [6, 6.07) is 0. The number of hydrogen-bond donors (Lipinski definition) is 2. The quantitative estimate of drug-likeness (QED) is 0.779. The van der Waals surface area contributed by atoms with Gasteiger partial charge in [-0.15, -0.1) is 0 Å². The summed E-state index contributed by atoms with van der Waals surface area (Å²) >= 11 is 0. The van der Waals surface area contributed by atoms with E-state index < -0.39 is 17.8 Å². The molecule has 1 aliphatic rings. The van der Waals surface area contributed by atoms with Gasteiger partial charge in [0.25, 0.3) is 0 Å². The van der Waals surface area contributed by atoms with E-state index in [-0.39, 0.29) is 5.91 Å². The monoisotopic (exact) mass is 269 g/mol. The SMILES string of the molecule is CNC(=O)C(C)C(CC(C)C1CCCCC1)C(=O)O. The number of rotatable bonds is 6. The molecule has 3 unspecified atom stereocenters. The average molecular weight is 269 g/mol. The number of carboxylic acids is 1. The van der Waals surface area contributed by atoms with Crippen molar-refractivity contribution in [2.24, 2.45) is 23.7 Å². The minimum atomic E-state index is -0.848. The van der Waals surface area contributed by atoms with Gasteiger partial charge in [-0.3, -0.25) is 9.59 Å². The Balaban J connectivity index is 2.61. The maximum Gasteiger partial charge on any atom is 0.307 e. The molecule has 1 amide bonds. The highest BCUT2D eigenvalue weighted by Crippen LogP contribution is 2.34. The lowest BCUT2D eigenvalue weighted by molar-refractivity contribution is -0.147. The molecule has 0 heterocycles. The molecule has 0 aromatic rings. The van der Waals surface area contributed by atoms with Crippen molar-refractivity contribution in [3.8, 4) is 0 Å². The van der Waals surface area contributed by atoms with E-state index in [4.69, 9.17) is 0 Å². The van der Waals surface area contributed by atoms with Crippen LogP contribution in [0.25, 0.3) is 0 Å². The molecular formula is C15H27NO3. The Labute approximate surface area is 116 Å². The van der Waals surface area contributed by atoms with Crippen molar-refractivity contribution in [2.75, 3.05) is 7.05 Å². The Morgan fingerprint density at radius 3 is 2.26 bits per heavy atom. The standard InChI is InChI=1S/C15H27NO3/c1-10(12-7-5-4-6-8-12)9-13(15(18)19)11(2)14(17)16-3/h10-13H,4-9H2,1-3H3,(H,16,17)(H,18,19). The molecule has 0 radical (unpaired) electrons. The van der Waals surface area contributed by atoms with Gasteiger partial charge in [0, 0.05) is 13.0 Å². The van der Waals surface area contributed by atoms with Crippen molar-refractivity contribution in [1.29, 1.82) is 0 Å². The van der Waals surface area contributed by atoms with Gasteiger partial charge in [0.2, 0.25) is 5.91 Å². The second-order valence-corrected chi connectivity index (χ2v) is 5.96. The van der Waals surface area contributed by atoms with Crippen molar-refractivity contribution in [1.82, 2.24) is 5.32 Å². The normalized spacial score (nSPS) is 21.4. The van der Waals surface area contributed by atoms with Gasteiger partial charge in [0.05, 0.1) is 5.92 Å². The zero-order chi connectivity index (χ0) is 14.4. The van der Waals surface area contributed by atoms with Gasteiger partial charge in [0.1, 0.15) is 0 Å². The Hall–Kier alpha value is -1.06. The number of nitrogens with one attached hydrogen (secondary N) is 1. The molecule has 1 aliphatic carbocycles. The maximum atomic E-state index is 11.6. The summed E-state index contributed by atoms with van der Waals surface area (Å²) < 4.78 is 0. The summed E-state index contributed by atoms with van der Waals surface area (Å²) in [5.74, 6) is -1.05. The van der Waals surface area contributed by atoms with Crippen LogP contribution >= 0.6 is 0 Å². The molecule has 2 N–H and O–H groups in total. The summed E-state index contributed by atoms with van der Waals surface area (Å²) in [6.45, 7) is 3.85. The van der Waals surface area contributed by atoms with Crippen LogP contribution in [0.2, 0.25) is 0 Å². The lowest BCUT2D eigenvalue weighted by Crippen LogP contribution is -2.36. The molecule has 1 rings (SSSR count). The number of aliphatic carboxylic acids is 1. The lowest BCUT2D eigenvalue weighted by atomic mass is 9.75. The molecule has 1 fully saturated rings. The molecule has 0 spiro atoms. The van der Waals surface area contributed by atoms with Crippen LogP contribution in [0.1, 0.15) is 52.4 Å². The number of carboxylic acid groups (broad SMARTS) is 1. The van der Waals surface area contributed by atoms with Crippen LogP contribution in [0.15, 0.2) is 0 Å². The predicted molar refractivity (Wildman–Crippen MR) is 74.7 cm³/mol. The van der Waals surface area contributed by atoms with Crippen LogP contribution in [0.3, 0.4) is 0 Å². The number of hydrogen-bond acceptors (Lipinski definition) is 2. The lowest BCUT2D eigenvalue weighted by Gasteiger charge is -2.30. The van der Waals surface area contributed by atoms with E-state index in [1.165, 1.54) is 32.1 Å². The van der Waals surface area contributed by atoms with E-state index in [2.05, 4.69) is 12.2 Å². The molecule has 110 valence electrons. The zero-order valence-corrected chi connectivity index (χ0v) is 12.3. The first kappa shape index (κ1) is 16.0. The Morgan fingerprint density at radius 2 is 1.79 bits per heavy atom. The van der Waals surface area contributed by atoms with E-state index in [1.54, 1.807) is 14.0 Å². The first-order chi connectivity index (χ1) is 8.97. The molecule has 0 aromatic heterocycles. The Bertz CT molecular complexity index is 311. The van der Waals surface area contributed by atoms with Crippen LogP contribution < -0.4 is 5.32 Å². The minimum Gasteiger partial charge on any atom is -0.481 e. The molecule has 0 bridgehead atoms. The average Bonchev–Trinajstić information content (AvgIpc) is 2.43. The van der Waals surface area contributed by atoms with Crippen molar-refractivity contribution in [3.05, 3.63) is 0 Å². The van der Waals surface area contributed by atoms with Crippen LogP contribution in [-0.4, -0.2) is 24.0 Å². The van der Waals surface area contributed by atoms with E-state index in [9.17, 15) is 14.7 Å². The third-order valence-electron chi connectivity index (χ3n) is 4.66. The van der Waals surface area contributed by atoms with Gasteiger partial charge in [0.15, 0.2) is 0 Å². The number of carbonyl (C=O) groups is 2. The molecular weight excluding hydrogens is 242 g/mol. The Kier molecular flexibility index (Phi) is 6.32. The predicted octanol–water partition coefficient (Wildman–Crippen LogP) is 2.68. The van der Waals surface area contributed by atoms with Gasteiger partial charge in [-0.2, -0.15) is 0 Å². The number of amides is 1. The number of carbonyl (C=O) groups excluding carboxylic acids is 1. The summed E-state index contributed by atoms with van der Waals surface area (Å²) in [5.41, 5.74) is 0. The molecule has 19 heavy (non-hydrogen) atoms. The van der Waals surface area contributed by atoms with Crippen molar-refractivity contribution in [2.45, 2.75) is 52.4 Å². The summed E-state index contributed by atoms with van der Waals surface area (Å²) in [7, 11) is 1.56. The smallest absolute Gasteiger partial charge is 0.307 e. The van der Waals surface area contributed by atoms with Crippen molar-refractivity contribution < 1.29 is 14.7 Å². The van der Waals surface area contributed by atoms with E-state index in [0.29, 0.717) is 18.3 Å². The van der Waals surface area contributed by atoms with Gasteiger partial charge in [-0.25, -0.2) is 0 Å². The molecule has 0 saturated heterocycles. The minimum absolute atomic E-state index is 0.178. The zero-order valence-electron chi connectivity index (χ0n) is 12.3. The first-order valence-corrected chi connectivity index (χ1v) is 7.41. The molecule has 0 aromatic carbocycles. The summed E-state index contributed by atoms with van der Waals surface area (Å²) in [4.78, 5) is 23.0. The summed E-state index contributed by atoms with van der Waals surface area (Å²) in [5, 5.41) is 11.9. The molecule has 3 atom stereocenters. The highest BCUT2D eigenvalue weighted by atomic mass is 16.4. The van der Waals surface area contributed by atoms with Gasteiger partial charge in [-0.05, 0) is 18.3 Å². The van der Waals surface area contributed by atoms with Crippen molar-refractivity contribution >= 4 is 11.9 Å². The van der Waals surface area contributed by atoms with Crippen LogP contribution in [0, 0.1) is 23.7 Å². The van der Waals surface area contributed by atoms with Gasteiger partial charge < -0.3 is 10.4 Å². The topological polar surface area (TPSA) is 66.4 Å². The second kappa shape index (κ2) is 7.51. The van der Waals surface area contributed by atoms with Gasteiger partial charge >= 0.3 is 5.97 Å². The summed E-state index contributed by atoms with van der Waals surface area (Å²) in [6.07, 6.45) is 6.86. The van der Waals surface area contributed by atoms with Crippen LogP contribution in [-0.2, 0) is 9.59 Å². The van der Waals surface area contributed by atoms with Crippen molar-refractivity contribution in [3.63, 3.8) is 0 Å². The van der Waals surface area contributed by atoms with E-state index in [1.807, 2.05) is 0 Å². The van der Waals surface area contributed by atoms with Crippen LogP contribution in [0.5, 0.6) is 0 Å². The highest BCUT2D eigenvalue weighted by molar-refractivity contribution is 5.84. The van der Waals surface area contributed by atoms with E-state index >= 15 is 0 Å². The van der Waals surface area contributed by atoms with Crippen LogP contribution in [0.4, 0.5) is 0 Å². The molecule has 0 aliphatic heterocycles. The molecule has 1 saturated carbocycles. The highest BCUT2D eigenvalue weighted by Gasteiger charge is 2.33. The Morgan fingerprint density at radius 1 is 1.21 bits per heavy atom. The third-order valence-corrected chi connectivity index (χ3v) is 4.66. The van der Waals surface area contributed by atoms with Gasteiger partial charge in [-0.1, -0.05) is 46.0 Å². The fourth-order valence-corrected chi connectivity index (χ4v) is 3.23. The largest absolute Gasteiger partial charge is 0.481 e. The van der Waals surface area contributed by atoms with E-state index in [0.717, 1.165) is 0 Å². The molecule has 4 nitrogen and oxygen atoms in total.